The lowest BCUT2D eigenvalue weighted by atomic mass is 9.91. The first-order valence-corrected chi connectivity index (χ1v) is 6.48. The van der Waals surface area contributed by atoms with Gasteiger partial charge in [-0.25, -0.2) is 0 Å². The molecule has 1 aliphatic rings. The summed E-state index contributed by atoms with van der Waals surface area (Å²) in [6.45, 7) is 0. The fourth-order valence-electron chi connectivity index (χ4n) is 2.42. The van der Waals surface area contributed by atoms with Gasteiger partial charge in [-0.05, 0) is 30.4 Å². The van der Waals surface area contributed by atoms with Crippen LogP contribution in [0, 0.1) is 4.91 Å². The minimum Gasteiger partial charge on any atom is -0.150 e. The summed E-state index contributed by atoms with van der Waals surface area (Å²) in [6.07, 6.45) is 8.92. The van der Waals surface area contributed by atoms with E-state index in [0.717, 1.165) is 19.3 Å². The highest BCUT2D eigenvalue weighted by Gasteiger charge is 2.16. The normalized spacial score (nSPS) is 24.0. The average Bonchev–Trinajstić information content (AvgIpc) is 2.34. The quantitative estimate of drug-likeness (QED) is 0.683. The molecule has 1 unspecified atom stereocenters. The smallest absolute Gasteiger partial charge is 0.113 e. The van der Waals surface area contributed by atoms with Crippen molar-refractivity contribution in [1.29, 1.82) is 0 Å². The van der Waals surface area contributed by atoms with Crippen molar-refractivity contribution in [2.45, 2.75) is 44.6 Å². The van der Waals surface area contributed by atoms with E-state index in [2.05, 4.69) is 23.4 Å². The number of benzene rings is 1. The minimum atomic E-state index is -0.101. The standard InChI is InChI=1S/C15H19NO/c17-16-15-11-7-2-1-6-10-14(15)12-13-8-4-3-5-9-13/h3-5,8-9,12,15H,1-2,6-7,10-11H2. The SMILES string of the molecule is O=NC1CCCCCCC1=Cc1ccccc1. The molecule has 17 heavy (non-hydrogen) atoms. The van der Waals surface area contributed by atoms with Gasteiger partial charge in [0.1, 0.15) is 6.04 Å². The molecule has 0 amide bonds. The molecule has 0 aromatic heterocycles. The Hall–Kier alpha value is -1.44. The van der Waals surface area contributed by atoms with Gasteiger partial charge in [0, 0.05) is 0 Å². The van der Waals surface area contributed by atoms with Gasteiger partial charge in [0.25, 0.3) is 0 Å². The molecule has 1 aliphatic carbocycles. The molecule has 1 fully saturated rings. The van der Waals surface area contributed by atoms with Crippen LogP contribution < -0.4 is 0 Å². The maximum Gasteiger partial charge on any atom is 0.113 e. The molecule has 0 aliphatic heterocycles. The summed E-state index contributed by atoms with van der Waals surface area (Å²) in [5, 5.41) is 3.31. The molecule has 2 rings (SSSR count). The second-order valence-corrected chi connectivity index (χ2v) is 4.70. The molecule has 0 N–H and O–H groups in total. The van der Waals surface area contributed by atoms with E-state index in [1.54, 1.807) is 0 Å². The van der Waals surface area contributed by atoms with Gasteiger partial charge in [-0.3, -0.25) is 0 Å². The Morgan fingerprint density at radius 1 is 1.06 bits per heavy atom. The summed E-state index contributed by atoms with van der Waals surface area (Å²) in [5.74, 6) is 0. The summed E-state index contributed by atoms with van der Waals surface area (Å²) < 4.78 is 0. The molecule has 0 spiro atoms. The van der Waals surface area contributed by atoms with Crippen molar-refractivity contribution in [3.05, 3.63) is 46.4 Å². The maximum absolute atomic E-state index is 10.9. The Balaban J connectivity index is 2.19. The number of hydrogen-bond acceptors (Lipinski definition) is 2. The molecule has 2 heteroatoms. The highest BCUT2D eigenvalue weighted by Crippen LogP contribution is 2.26. The Morgan fingerprint density at radius 3 is 2.59 bits per heavy atom. The summed E-state index contributed by atoms with van der Waals surface area (Å²) in [7, 11) is 0. The molecule has 0 bridgehead atoms. The third-order valence-corrected chi connectivity index (χ3v) is 3.40. The van der Waals surface area contributed by atoms with E-state index in [1.807, 2.05) is 18.2 Å². The molecule has 0 saturated heterocycles. The maximum atomic E-state index is 10.9. The summed E-state index contributed by atoms with van der Waals surface area (Å²) in [6, 6.07) is 10.1. The van der Waals surface area contributed by atoms with Gasteiger partial charge in [0.15, 0.2) is 0 Å². The van der Waals surface area contributed by atoms with Crippen LogP contribution in [0.1, 0.15) is 44.1 Å². The molecule has 1 aromatic rings. The van der Waals surface area contributed by atoms with E-state index in [9.17, 15) is 4.91 Å². The highest BCUT2D eigenvalue weighted by atomic mass is 16.3. The summed E-state index contributed by atoms with van der Waals surface area (Å²) >= 11 is 0. The predicted molar refractivity (Wildman–Crippen MR) is 71.7 cm³/mol. The van der Waals surface area contributed by atoms with Crippen LogP contribution in [-0.4, -0.2) is 6.04 Å². The fraction of sp³-hybridized carbons (Fsp3) is 0.467. The molecule has 1 aromatic carbocycles. The van der Waals surface area contributed by atoms with Gasteiger partial charge in [-0.15, -0.1) is 0 Å². The van der Waals surface area contributed by atoms with Crippen LogP contribution in [0.5, 0.6) is 0 Å². The van der Waals surface area contributed by atoms with Gasteiger partial charge in [-0.1, -0.05) is 60.8 Å². The Labute approximate surface area is 103 Å². The second kappa shape index (κ2) is 6.33. The Morgan fingerprint density at radius 2 is 1.82 bits per heavy atom. The number of nitrogens with zero attached hydrogens (tertiary/aromatic N) is 1. The first-order chi connectivity index (χ1) is 8.40. The number of hydrogen-bond donors (Lipinski definition) is 0. The van der Waals surface area contributed by atoms with E-state index in [-0.39, 0.29) is 6.04 Å². The van der Waals surface area contributed by atoms with E-state index < -0.39 is 0 Å². The van der Waals surface area contributed by atoms with Gasteiger partial charge in [-0.2, -0.15) is 4.91 Å². The van der Waals surface area contributed by atoms with Crippen molar-refractivity contribution in [3.8, 4) is 0 Å². The van der Waals surface area contributed by atoms with Crippen molar-refractivity contribution in [2.75, 3.05) is 0 Å². The molecule has 1 atom stereocenters. The van der Waals surface area contributed by atoms with E-state index in [1.165, 1.54) is 30.4 Å². The van der Waals surface area contributed by atoms with Crippen LogP contribution in [-0.2, 0) is 0 Å². The Bertz CT molecular complexity index is 383. The van der Waals surface area contributed by atoms with Crippen LogP contribution in [0.3, 0.4) is 0 Å². The zero-order valence-corrected chi connectivity index (χ0v) is 10.1. The highest BCUT2D eigenvalue weighted by molar-refractivity contribution is 5.54. The Kier molecular flexibility index (Phi) is 4.48. The van der Waals surface area contributed by atoms with E-state index in [4.69, 9.17) is 0 Å². The van der Waals surface area contributed by atoms with Crippen LogP contribution in [0.2, 0.25) is 0 Å². The molecule has 90 valence electrons. The van der Waals surface area contributed by atoms with Crippen molar-refractivity contribution < 1.29 is 0 Å². The lowest BCUT2D eigenvalue weighted by Crippen LogP contribution is -2.10. The van der Waals surface area contributed by atoms with Gasteiger partial charge in [0.2, 0.25) is 0 Å². The van der Waals surface area contributed by atoms with E-state index >= 15 is 0 Å². The fourth-order valence-corrected chi connectivity index (χ4v) is 2.42. The van der Waals surface area contributed by atoms with Gasteiger partial charge in [0.05, 0.1) is 0 Å². The molecule has 0 radical (unpaired) electrons. The molecule has 0 heterocycles. The lowest BCUT2D eigenvalue weighted by molar-refractivity contribution is 0.529. The average molecular weight is 229 g/mol. The first-order valence-electron chi connectivity index (χ1n) is 6.48. The van der Waals surface area contributed by atoms with Gasteiger partial charge >= 0.3 is 0 Å². The van der Waals surface area contributed by atoms with Crippen molar-refractivity contribution in [2.24, 2.45) is 5.18 Å². The third-order valence-electron chi connectivity index (χ3n) is 3.40. The van der Waals surface area contributed by atoms with Crippen LogP contribution in [0.15, 0.2) is 41.1 Å². The number of nitroso groups, excluding NO2 is 1. The van der Waals surface area contributed by atoms with Crippen LogP contribution in [0.4, 0.5) is 0 Å². The third kappa shape index (κ3) is 3.52. The monoisotopic (exact) mass is 229 g/mol. The van der Waals surface area contributed by atoms with Crippen molar-refractivity contribution in [1.82, 2.24) is 0 Å². The first kappa shape index (κ1) is 12.0. The summed E-state index contributed by atoms with van der Waals surface area (Å²) in [5.41, 5.74) is 2.39. The van der Waals surface area contributed by atoms with E-state index in [0.29, 0.717) is 0 Å². The topological polar surface area (TPSA) is 29.4 Å². The minimum absolute atomic E-state index is 0.101. The number of rotatable bonds is 2. The van der Waals surface area contributed by atoms with Crippen molar-refractivity contribution in [3.63, 3.8) is 0 Å². The molecular formula is C15H19NO. The lowest BCUT2D eigenvalue weighted by Gasteiger charge is -2.17. The molecule has 1 saturated carbocycles. The van der Waals surface area contributed by atoms with Gasteiger partial charge < -0.3 is 0 Å². The molecule has 2 nitrogen and oxygen atoms in total. The summed E-state index contributed by atoms with van der Waals surface area (Å²) in [4.78, 5) is 10.9. The zero-order valence-electron chi connectivity index (χ0n) is 10.1. The zero-order chi connectivity index (χ0) is 11.9. The molecular weight excluding hydrogens is 210 g/mol. The van der Waals surface area contributed by atoms with Crippen LogP contribution in [0.25, 0.3) is 6.08 Å². The predicted octanol–water partition coefficient (Wildman–Crippen LogP) is 4.56. The van der Waals surface area contributed by atoms with Crippen LogP contribution >= 0.6 is 0 Å². The van der Waals surface area contributed by atoms with Crippen molar-refractivity contribution >= 4 is 6.08 Å². The largest absolute Gasteiger partial charge is 0.150 e. The second-order valence-electron chi connectivity index (χ2n) is 4.70.